The number of rotatable bonds is 24. The molecule has 1 N–H and O–H groups in total. The summed E-state index contributed by atoms with van der Waals surface area (Å²) < 4.78 is 98.8. The van der Waals surface area contributed by atoms with E-state index in [2.05, 4.69) is 23.2 Å². The molecule has 0 saturated heterocycles. The number of methoxy groups -OCH3 is 8. The first kappa shape index (κ1) is 78.1. The zero-order valence-corrected chi connectivity index (χ0v) is 70.0. The van der Waals surface area contributed by atoms with Crippen LogP contribution in [0.25, 0.3) is 53.9 Å². The lowest BCUT2D eigenvalue weighted by Gasteiger charge is -2.16. The fourth-order valence-electron chi connectivity index (χ4n) is 15.7. The lowest BCUT2D eigenvalue weighted by molar-refractivity contribution is 0.405. The van der Waals surface area contributed by atoms with Crippen molar-refractivity contribution in [3.63, 3.8) is 0 Å². The molecule has 24 heteroatoms. The van der Waals surface area contributed by atoms with E-state index in [0.717, 1.165) is 43.1 Å². The third kappa shape index (κ3) is 15.4. The second kappa shape index (κ2) is 32.9. The van der Waals surface area contributed by atoms with Crippen molar-refractivity contribution in [1.29, 1.82) is 0 Å². The summed E-state index contributed by atoms with van der Waals surface area (Å²) in [5.74, 6) is 14.5. The molecule has 16 aromatic carbocycles. The Morgan fingerprint density at radius 3 is 0.602 bits per heavy atom. The minimum absolute atomic E-state index is 0.297. The van der Waals surface area contributed by atoms with Gasteiger partial charge in [-0.1, -0.05) is 0 Å². The largest absolute Gasteiger partial charge is 0.497 e. The summed E-state index contributed by atoms with van der Waals surface area (Å²) in [6, 6.07) is 90.8. The molecule has 128 heavy (non-hydrogen) atoms. The lowest BCUT2D eigenvalue weighted by Crippen LogP contribution is -2.15. The minimum atomic E-state index is -0.997. The SMILES string of the molecule is COc1ccc(Oc2cc3cc4c(cc3cc2Oc2ccc(OC)cc2)C2=NC3=NC(/N=C5\N=C(N=c6[nH]c(c7cc8cc(Oc9ccc(OC)cc9)c(Oc9ccc(OC)cc9)cc8cc67)=NC4=N2)c2cc4cc(Oc6ccc(OC)cc6)c(Oc6ccc(OC)cc6)cc4cc25)c2cc4cc(Oc5ccc(OC)cc5)c(Oc5ccc(OC)cc5)cc4cc23)cc1. The van der Waals surface area contributed by atoms with Crippen LogP contribution in [0.2, 0.25) is 0 Å². The molecule has 4 aliphatic rings. The first-order chi connectivity index (χ1) is 62.8. The van der Waals surface area contributed by atoms with Crippen LogP contribution in [0, 0.1) is 0 Å². The highest BCUT2D eigenvalue weighted by Gasteiger charge is 2.34. The Morgan fingerprint density at radius 1 is 0.188 bits per heavy atom. The molecular formula is C104H74N8O16. The number of aromatic amines is 1. The minimum Gasteiger partial charge on any atom is -0.497 e. The summed E-state index contributed by atoms with van der Waals surface area (Å²) in [7, 11) is 13.0. The summed E-state index contributed by atoms with van der Waals surface area (Å²) in [6.45, 7) is 0. The Labute approximate surface area is 731 Å². The second-order valence-corrected chi connectivity index (χ2v) is 30.1. The zero-order valence-electron chi connectivity index (χ0n) is 70.0. The van der Waals surface area contributed by atoms with Crippen molar-refractivity contribution in [2.75, 3.05) is 56.9 Å². The van der Waals surface area contributed by atoms with E-state index in [0.29, 0.717) is 222 Å². The molecule has 0 radical (unpaired) electrons. The second-order valence-electron chi connectivity index (χ2n) is 30.1. The van der Waals surface area contributed by atoms with E-state index in [4.69, 9.17) is 111 Å². The molecule has 4 aliphatic heterocycles. The first-order valence-electron chi connectivity index (χ1n) is 40.7. The van der Waals surface area contributed by atoms with Crippen molar-refractivity contribution in [3.05, 3.63) is 336 Å². The normalized spacial score (nSPS) is 13.7. The molecule has 1 unspecified atom stereocenters. The maximum Gasteiger partial charge on any atom is 0.170 e. The van der Waals surface area contributed by atoms with Gasteiger partial charge >= 0.3 is 0 Å². The quantitative estimate of drug-likeness (QED) is 0.0590. The number of H-pyrrole nitrogens is 1. The van der Waals surface area contributed by atoms with E-state index in [9.17, 15) is 0 Å². The highest BCUT2D eigenvalue weighted by Crippen LogP contribution is 2.48. The highest BCUT2D eigenvalue weighted by molar-refractivity contribution is 6.28. The smallest absolute Gasteiger partial charge is 0.170 e. The van der Waals surface area contributed by atoms with Crippen molar-refractivity contribution in [2.24, 2.45) is 34.9 Å². The van der Waals surface area contributed by atoms with E-state index in [1.807, 2.05) is 273 Å². The van der Waals surface area contributed by atoms with Crippen LogP contribution in [-0.4, -0.2) is 91.0 Å². The molecule has 1 aromatic heterocycles. The number of ether oxygens (including phenoxy) is 16. The topological polar surface area (TPSA) is 250 Å². The molecule has 1 atom stereocenters. The average Bonchev–Trinajstić information content (AvgIpc) is 1.59. The Hall–Kier alpha value is -17.2. The predicted octanol–water partition coefficient (Wildman–Crippen LogP) is 23.3. The van der Waals surface area contributed by atoms with Gasteiger partial charge in [-0.2, -0.15) is 0 Å². The van der Waals surface area contributed by atoms with Gasteiger partial charge in [0.1, 0.15) is 103 Å². The molecule has 626 valence electrons. The van der Waals surface area contributed by atoms with Crippen molar-refractivity contribution < 1.29 is 75.8 Å². The number of aliphatic imine (C=N–C) groups is 5. The van der Waals surface area contributed by atoms with Gasteiger partial charge in [0.2, 0.25) is 0 Å². The van der Waals surface area contributed by atoms with Gasteiger partial charge in [0.05, 0.1) is 56.9 Å². The fourth-order valence-corrected chi connectivity index (χ4v) is 15.7. The summed E-state index contributed by atoms with van der Waals surface area (Å²) in [5, 5.41) is 7.43. The summed E-state index contributed by atoms with van der Waals surface area (Å²) in [4.78, 5) is 43.0. The zero-order chi connectivity index (χ0) is 86.6. The Bertz CT molecular complexity index is 7620. The molecule has 24 nitrogen and oxygen atoms in total. The number of nitrogens with one attached hydrogen (secondary N) is 1. The summed E-state index contributed by atoms with van der Waals surface area (Å²) in [5.41, 5.74) is 4.69. The summed E-state index contributed by atoms with van der Waals surface area (Å²) >= 11 is 0. The molecular weight excluding hydrogens is 1620 g/mol. The molecule has 0 saturated carbocycles. The Kier molecular flexibility index (Phi) is 20.1. The lowest BCUT2D eigenvalue weighted by atomic mass is 9.99. The molecule has 0 fully saturated rings. The maximum absolute atomic E-state index is 6.80. The van der Waals surface area contributed by atoms with Crippen LogP contribution in [0.1, 0.15) is 39.5 Å². The van der Waals surface area contributed by atoms with Crippen molar-refractivity contribution in [3.8, 4) is 138 Å². The van der Waals surface area contributed by atoms with Crippen LogP contribution in [0.5, 0.6) is 138 Å². The number of amidine groups is 5. The van der Waals surface area contributed by atoms with E-state index >= 15 is 0 Å². The third-order valence-corrected chi connectivity index (χ3v) is 22.3. The number of fused-ring (bicyclic) bond motifs is 21. The molecule has 0 aliphatic carbocycles. The Balaban J connectivity index is 0.810. The van der Waals surface area contributed by atoms with Crippen LogP contribution >= 0.6 is 0 Å². The van der Waals surface area contributed by atoms with Crippen LogP contribution in [-0.2, 0) is 0 Å². The van der Waals surface area contributed by atoms with Crippen LogP contribution < -0.4 is 86.8 Å². The Morgan fingerprint density at radius 2 is 0.367 bits per heavy atom. The first-order valence-corrected chi connectivity index (χ1v) is 40.7. The standard InChI is InChI=1S/C104H74N8O16/c1-113-65-9-25-73(26-10-65)121-89-49-57-41-81-82(42-58(57)50-90(89)122-74-27-11-66(114-2)12-28-74)98-105-97(81)109-99-83-43-59-51-91(123-75-29-13-67(115-3)14-30-75)92(124-76-31-15-68(116-4)16-32-76)52-60(59)44-84(83)101(106-99)111-103-87-47-63-55-95(127-79-37-21-71(119-7)22-38-79)96(128-80-39-23-72(120-8)24-40-80)56-64(63)48-88(87)104(108-103)112-102-86-46-62-54-94(126-78-35-19-70(118-6)20-36-78)93(125-77-33-17-69(117-5)18-34-77)53-61(62)45-85(86)100(107-102)110-98/h9-56,97H,1-8H3,(H,105,106,107,108,109,110,111,112). The average molecular weight is 1690 g/mol. The molecule has 5 heterocycles. The number of nitrogens with zero attached hydrogens (tertiary/aromatic N) is 7. The van der Waals surface area contributed by atoms with Crippen LogP contribution in [0.3, 0.4) is 0 Å². The number of hydrogen-bond acceptors (Lipinski definition) is 23. The van der Waals surface area contributed by atoms with E-state index < -0.39 is 6.17 Å². The van der Waals surface area contributed by atoms with Gasteiger partial charge in [-0.25, -0.2) is 34.9 Å². The predicted molar refractivity (Wildman–Crippen MR) is 490 cm³/mol. The molecule has 0 spiro atoms. The van der Waals surface area contributed by atoms with Gasteiger partial charge < -0.3 is 80.8 Å². The van der Waals surface area contributed by atoms with E-state index in [1.165, 1.54) is 0 Å². The number of hydrogen-bond donors (Lipinski definition) is 1. The van der Waals surface area contributed by atoms with Gasteiger partial charge in [0.25, 0.3) is 0 Å². The van der Waals surface area contributed by atoms with Gasteiger partial charge in [0.15, 0.2) is 81.3 Å². The van der Waals surface area contributed by atoms with E-state index in [-0.39, 0.29) is 0 Å². The van der Waals surface area contributed by atoms with Crippen molar-refractivity contribution in [2.45, 2.75) is 6.17 Å². The van der Waals surface area contributed by atoms with Crippen LogP contribution in [0.4, 0.5) is 0 Å². The summed E-state index contributed by atoms with van der Waals surface area (Å²) in [6.07, 6.45) is -0.997. The third-order valence-electron chi connectivity index (χ3n) is 22.3. The van der Waals surface area contributed by atoms with Crippen molar-refractivity contribution in [1.82, 2.24) is 4.98 Å². The highest BCUT2D eigenvalue weighted by atomic mass is 16.5. The van der Waals surface area contributed by atoms with Crippen LogP contribution in [0.15, 0.2) is 326 Å². The van der Waals surface area contributed by atoms with Gasteiger partial charge in [0, 0.05) is 44.2 Å². The van der Waals surface area contributed by atoms with Gasteiger partial charge in [-0.3, -0.25) is 0 Å². The van der Waals surface area contributed by atoms with Gasteiger partial charge in [-0.05, 0) is 334 Å². The number of benzene rings is 16. The molecule has 8 bridgehead atoms. The fraction of sp³-hybridized carbons (Fsp3) is 0.0865. The monoisotopic (exact) mass is 1690 g/mol. The number of aromatic nitrogens is 1. The maximum atomic E-state index is 6.80. The van der Waals surface area contributed by atoms with Gasteiger partial charge in [-0.15, -0.1) is 0 Å². The molecule has 0 amide bonds. The molecule has 17 aromatic rings. The van der Waals surface area contributed by atoms with E-state index in [1.54, 1.807) is 56.9 Å². The molecule has 21 rings (SSSR count). The van der Waals surface area contributed by atoms with Crippen molar-refractivity contribution >= 4 is 83.0 Å².